The molecule has 0 radical (unpaired) electrons. The largest absolute Gasteiger partial charge is 0.331 e. The molecule has 202 valence electrons. The van der Waals surface area contributed by atoms with Crippen LogP contribution in [0.5, 0.6) is 0 Å². The molecule has 0 saturated heterocycles. The van der Waals surface area contributed by atoms with Crippen LogP contribution in [-0.4, -0.2) is 27.6 Å². The number of likely N-dealkylation sites (N-methyl/N-ethyl adjacent to an activating group) is 1. The van der Waals surface area contributed by atoms with E-state index in [9.17, 15) is 18.4 Å². The monoisotopic (exact) mass is 550 g/mol. The van der Waals surface area contributed by atoms with Crippen LogP contribution in [-0.2, 0) is 32.6 Å². The van der Waals surface area contributed by atoms with Crippen molar-refractivity contribution in [1.82, 2.24) is 19.4 Å². The SMILES string of the molecule is CN[C@@H](Cn1c(=O)c2c(n(Cc3c(F)cccc3F)c1=O)CCN(Cc1ccc(Cl)cc1)C2)c1ccccc1. The summed E-state index contributed by atoms with van der Waals surface area (Å²) in [6.07, 6.45) is 0.401. The van der Waals surface area contributed by atoms with Gasteiger partial charge in [-0.25, -0.2) is 13.6 Å². The minimum atomic E-state index is -0.731. The van der Waals surface area contributed by atoms with Crippen LogP contribution in [0.1, 0.15) is 34.0 Å². The van der Waals surface area contributed by atoms with E-state index in [1.165, 1.54) is 27.3 Å². The molecule has 1 atom stereocenters. The maximum atomic E-state index is 14.6. The molecule has 1 aromatic heterocycles. The molecule has 9 heteroatoms. The summed E-state index contributed by atoms with van der Waals surface area (Å²) in [6.45, 7) is 1.27. The molecule has 5 rings (SSSR count). The lowest BCUT2D eigenvalue weighted by Gasteiger charge is -2.31. The number of halogens is 3. The normalized spacial score (nSPS) is 14.3. The van der Waals surface area contributed by atoms with E-state index < -0.39 is 17.3 Å². The Bertz CT molecular complexity index is 1570. The number of hydrogen-bond donors (Lipinski definition) is 1. The zero-order chi connectivity index (χ0) is 27.5. The molecule has 2 heterocycles. The van der Waals surface area contributed by atoms with Crippen LogP contribution in [0.15, 0.2) is 82.4 Å². The molecule has 1 aliphatic rings. The Kier molecular flexibility index (Phi) is 8.07. The Balaban J connectivity index is 1.58. The first kappa shape index (κ1) is 27.0. The van der Waals surface area contributed by atoms with Gasteiger partial charge in [0.1, 0.15) is 11.6 Å². The van der Waals surface area contributed by atoms with Crippen molar-refractivity contribution < 1.29 is 8.78 Å². The summed E-state index contributed by atoms with van der Waals surface area (Å²) in [7, 11) is 1.77. The lowest BCUT2D eigenvalue weighted by Crippen LogP contribution is -2.49. The number of nitrogens with zero attached hydrogens (tertiary/aromatic N) is 3. The van der Waals surface area contributed by atoms with Gasteiger partial charge in [-0.2, -0.15) is 0 Å². The predicted molar refractivity (Wildman–Crippen MR) is 148 cm³/mol. The van der Waals surface area contributed by atoms with Crippen molar-refractivity contribution in [3.63, 3.8) is 0 Å². The third-order valence-electron chi connectivity index (χ3n) is 7.30. The maximum Gasteiger partial charge on any atom is 0.331 e. The lowest BCUT2D eigenvalue weighted by atomic mass is 10.0. The number of hydrogen-bond acceptors (Lipinski definition) is 4. The summed E-state index contributed by atoms with van der Waals surface area (Å²) in [5.74, 6) is -1.46. The Morgan fingerprint density at radius 3 is 2.26 bits per heavy atom. The van der Waals surface area contributed by atoms with Gasteiger partial charge in [-0.05, 0) is 42.4 Å². The molecular formula is C30H29ClF2N4O2. The van der Waals surface area contributed by atoms with Crippen molar-refractivity contribution in [2.24, 2.45) is 0 Å². The number of aromatic nitrogens is 2. The van der Waals surface area contributed by atoms with Gasteiger partial charge < -0.3 is 5.32 Å². The van der Waals surface area contributed by atoms with Gasteiger partial charge in [0, 0.05) is 42.3 Å². The summed E-state index contributed by atoms with van der Waals surface area (Å²) >= 11 is 6.03. The average Bonchev–Trinajstić information content (AvgIpc) is 2.94. The topological polar surface area (TPSA) is 59.3 Å². The van der Waals surface area contributed by atoms with Crippen molar-refractivity contribution in [3.05, 3.63) is 138 Å². The van der Waals surface area contributed by atoms with E-state index in [0.29, 0.717) is 42.3 Å². The van der Waals surface area contributed by atoms with Crippen LogP contribution >= 0.6 is 11.6 Å². The fourth-order valence-electron chi connectivity index (χ4n) is 5.19. The minimum absolute atomic E-state index is 0.0718. The van der Waals surface area contributed by atoms with Crippen LogP contribution in [0.2, 0.25) is 5.02 Å². The molecule has 6 nitrogen and oxygen atoms in total. The van der Waals surface area contributed by atoms with Crippen LogP contribution in [0, 0.1) is 11.6 Å². The second kappa shape index (κ2) is 11.7. The third-order valence-corrected chi connectivity index (χ3v) is 7.55. The van der Waals surface area contributed by atoms with Crippen molar-refractivity contribution in [1.29, 1.82) is 0 Å². The summed E-state index contributed by atoms with van der Waals surface area (Å²) in [5, 5.41) is 3.83. The Hall–Kier alpha value is -3.59. The van der Waals surface area contributed by atoms with Crippen LogP contribution in [0.25, 0.3) is 0 Å². The van der Waals surface area contributed by atoms with Gasteiger partial charge in [-0.1, -0.05) is 60.1 Å². The van der Waals surface area contributed by atoms with Gasteiger partial charge in [-0.3, -0.25) is 18.8 Å². The molecular weight excluding hydrogens is 522 g/mol. The summed E-state index contributed by atoms with van der Waals surface area (Å²) < 4.78 is 31.9. The van der Waals surface area contributed by atoms with Crippen LogP contribution < -0.4 is 16.6 Å². The van der Waals surface area contributed by atoms with E-state index in [2.05, 4.69) is 10.2 Å². The molecule has 0 unspecified atom stereocenters. The van der Waals surface area contributed by atoms with Gasteiger partial charge in [0.15, 0.2) is 0 Å². The molecule has 0 fully saturated rings. The quantitative estimate of drug-likeness (QED) is 0.351. The van der Waals surface area contributed by atoms with E-state index in [1.807, 2.05) is 54.6 Å². The highest BCUT2D eigenvalue weighted by atomic mass is 35.5. The molecule has 0 saturated carbocycles. The molecule has 0 amide bonds. The van der Waals surface area contributed by atoms with Gasteiger partial charge >= 0.3 is 5.69 Å². The fraction of sp³-hybridized carbons (Fsp3) is 0.267. The molecule has 0 bridgehead atoms. The zero-order valence-corrected chi connectivity index (χ0v) is 22.3. The molecule has 1 N–H and O–H groups in total. The molecule has 0 aliphatic carbocycles. The number of fused-ring (bicyclic) bond motifs is 1. The highest BCUT2D eigenvalue weighted by molar-refractivity contribution is 6.30. The van der Waals surface area contributed by atoms with E-state index in [4.69, 9.17) is 11.6 Å². The number of benzene rings is 3. The second-order valence-electron chi connectivity index (χ2n) is 9.75. The first-order valence-electron chi connectivity index (χ1n) is 12.8. The third kappa shape index (κ3) is 5.73. The van der Waals surface area contributed by atoms with E-state index >= 15 is 0 Å². The van der Waals surface area contributed by atoms with Gasteiger partial charge in [0.05, 0.1) is 24.7 Å². The van der Waals surface area contributed by atoms with E-state index in [-0.39, 0.29) is 30.3 Å². The molecule has 4 aromatic rings. The van der Waals surface area contributed by atoms with Crippen molar-refractivity contribution in [3.8, 4) is 0 Å². The number of nitrogens with one attached hydrogen (secondary N) is 1. The predicted octanol–water partition coefficient (Wildman–Crippen LogP) is 4.51. The molecule has 0 spiro atoms. The first-order chi connectivity index (χ1) is 18.9. The summed E-state index contributed by atoms with van der Waals surface area (Å²) in [5.41, 5.74) is 1.79. The highest BCUT2D eigenvalue weighted by Gasteiger charge is 2.27. The second-order valence-corrected chi connectivity index (χ2v) is 10.2. The van der Waals surface area contributed by atoms with Gasteiger partial charge in [0.25, 0.3) is 5.56 Å². The van der Waals surface area contributed by atoms with Crippen molar-refractivity contribution in [2.45, 2.75) is 38.6 Å². The first-order valence-corrected chi connectivity index (χ1v) is 13.2. The Morgan fingerprint density at radius 2 is 1.59 bits per heavy atom. The van der Waals surface area contributed by atoms with Crippen LogP contribution in [0.3, 0.4) is 0 Å². The Morgan fingerprint density at radius 1 is 0.897 bits per heavy atom. The highest BCUT2D eigenvalue weighted by Crippen LogP contribution is 2.21. The Labute approximate surface area is 230 Å². The van der Waals surface area contributed by atoms with E-state index in [1.54, 1.807) is 7.05 Å². The number of rotatable bonds is 8. The molecule has 3 aromatic carbocycles. The average molecular weight is 551 g/mol. The summed E-state index contributed by atoms with van der Waals surface area (Å²) in [6, 6.07) is 20.4. The zero-order valence-electron chi connectivity index (χ0n) is 21.5. The smallest absolute Gasteiger partial charge is 0.312 e. The van der Waals surface area contributed by atoms with Crippen molar-refractivity contribution in [2.75, 3.05) is 13.6 Å². The molecule has 1 aliphatic heterocycles. The van der Waals surface area contributed by atoms with E-state index in [0.717, 1.165) is 11.1 Å². The van der Waals surface area contributed by atoms with Crippen LogP contribution in [0.4, 0.5) is 8.78 Å². The molecule has 39 heavy (non-hydrogen) atoms. The van der Waals surface area contributed by atoms with Crippen molar-refractivity contribution >= 4 is 11.6 Å². The maximum absolute atomic E-state index is 14.6. The standard InChI is InChI=1S/C30H29ClF2N4O2/c1-34-27(21-6-3-2-4-7-21)19-37-29(38)24-17-35(16-20-10-12-22(31)13-11-20)15-14-28(24)36(30(37)39)18-23-25(32)8-5-9-26(23)33/h2-13,27,34H,14-19H2,1H3/t27-/m0/s1. The lowest BCUT2D eigenvalue weighted by molar-refractivity contribution is 0.235. The minimum Gasteiger partial charge on any atom is -0.312 e. The fourth-order valence-corrected chi connectivity index (χ4v) is 5.31. The summed E-state index contributed by atoms with van der Waals surface area (Å²) in [4.78, 5) is 29.8. The van der Waals surface area contributed by atoms with Gasteiger partial charge in [0.2, 0.25) is 0 Å². The van der Waals surface area contributed by atoms with Gasteiger partial charge in [-0.15, -0.1) is 0 Å².